The van der Waals surface area contributed by atoms with Gasteiger partial charge in [-0.05, 0) is 12.8 Å². The summed E-state index contributed by atoms with van der Waals surface area (Å²) in [6.07, 6.45) is 4.68. The van der Waals surface area contributed by atoms with Gasteiger partial charge in [0.2, 0.25) is 12.3 Å². The number of nitrogens with one attached hydrogen (secondary N) is 1. The van der Waals surface area contributed by atoms with Crippen LogP contribution in [-0.4, -0.2) is 29.3 Å². The van der Waals surface area contributed by atoms with Gasteiger partial charge >= 0.3 is 0 Å². The molecule has 3 rings (SSSR count). The average Bonchev–Trinajstić information content (AvgIpc) is 3.05. The van der Waals surface area contributed by atoms with Crippen LogP contribution in [0.5, 0.6) is 0 Å². The largest absolute Gasteiger partial charge is 0.381 e. The number of hydrogen-bond donors (Lipinski definition) is 1. The summed E-state index contributed by atoms with van der Waals surface area (Å²) in [7, 11) is 0. The molecule has 0 aromatic carbocycles. The summed E-state index contributed by atoms with van der Waals surface area (Å²) in [5, 5.41) is 6.98. The van der Waals surface area contributed by atoms with Crippen molar-refractivity contribution in [1.82, 2.24) is 15.5 Å². The molecule has 1 saturated heterocycles. The van der Waals surface area contributed by atoms with Crippen LogP contribution in [0.2, 0.25) is 0 Å². The van der Waals surface area contributed by atoms with Gasteiger partial charge in [-0.15, -0.1) is 0 Å². The third kappa shape index (κ3) is 2.04. The molecular weight excluding hydrogens is 222 g/mol. The van der Waals surface area contributed by atoms with E-state index in [1.807, 2.05) is 0 Å². The lowest BCUT2D eigenvalue weighted by Gasteiger charge is -2.35. The van der Waals surface area contributed by atoms with Crippen molar-refractivity contribution in [2.24, 2.45) is 5.92 Å². The minimum atomic E-state index is -0.495. The average molecular weight is 237 g/mol. The lowest BCUT2D eigenvalue weighted by molar-refractivity contribution is -0.126. The molecule has 0 spiro atoms. The van der Waals surface area contributed by atoms with Crippen molar-refractivity contribution in [2.75, 3.05) is 13.2 Å². The molecule has 1 N–H and O–H groups in total. The summed E-state index contributed by atoms with van der Waals surface area (Å²) in [6, 6.07) is 0. The monoisotopic (exact) mass is 237 g/mol. The van der Waals surface area contributed by atoms with E-state index in [4.69, 9.17) is 9.26 Å². The van der Waals surface area contributed by atoms with Crippen LogP contribution in [0.1, 0.15) is 31.5 Å². The number of carbonyl (C=O) groups is 1. The topological polar surface area (TPSA) is 77.3 Å². The Labute approximate surface area is 98.7 Å². The van der Waals surface area contributed by atoms with E-state index in [-0.39, 0.29) is 11.8 Å². The highest BCUT2D eigenvalue weighted by Gasteiger charge is 2.42. The Kier molecular flexibility index (Phi) is 2.58. The molecule has 92 valence electrons. The van der Waals surface area contributed by atoms with E-state index in [0.29, 0.717) is 31.9 Å². The van der Waals surface area contributed by atoms with Gasteiger partial charge in [0.05, 0.1) is 0 Å². The Balaban J connectivity index is 1.82. The number of hydrogen-bond acceptors (Lipinski definition) is 5. The minimum Gasteiger partial charge on any atom is -0.381 e. The first kappa shape index (κ1) is 10.7. The van der Waals surface area contributed by atoms with Gasteiger partial charge in [0.25, 0.3) is 0 Å². The van der Waals surface area contributed by atoms with E-state index in [9.17, 15) is 4.79 Å². The number of rotatable bonds is 3. The fourth-order valence-electron chi connectivity index (χ4n) is 2.19. The normalized spacial score (nSPS) is 23.3. The fraction of sp³-hybridized carbons (Fsp3) is 0.727. The van der Waals surface area contributed by atoms with E-state index >= 15 is 0 Å². The molecule has 0 unspecified atom stereocenters. The second-order valence-electron chi connectivity index (χ2n) is 4.71. The number of nitrogens with zero attached hydrogens (tertiary/aromatic N) is 2. The second-order valence-corrected chi connectivity index (χ2v) is 4.71. The van der Waals surface area contributed by atoms with Crippen LogP contribution in [-0.2, 0) is 15.1 Å². The Morgan fingerprint density at radius 3 is 2.76 bits per heavy atom. The van der Waals surface area contributed by atoms with E-state index in [1.54, 1.807) is 0 Å². The molecule has 1 aliphatic carbocycles. The molecule has 6 heteroatoms. The zero-order valence-electron chi connectivity index (χ0n) is 9.52. The molecule has 0 radical (unpaired) electrons. The van der Waals surface area contributed by atoms with Crippen LogP contribution < -0.4 is 5.32 Å². The first-order valence-electron chi connectivity index (χ1n) is 5.97. The molecule has 2 fully saturated rings. The maximum Gasteiger partial charge on any atom is 0.223 e. The van der Waals surface area contributed by atoms with Crippen molar-refractivity contribution in [3.8, 4) is 0 Å². The summed E-state index contributed by atoms with van der Waals surface area (Å²) in [4.78, 5) is 16.0. The molecule has 1 aromatic rings. The number of aromatic nitrogens is 2. The van der Waals surface area contributed by atoms with Crippen molar-refractivity contribution in [1.29, 1.82) is 0 Å². The van der Waals surface area contributed by atoms with E-state index in [1.165, 1.54) is 6.39 Å². The highest BCUT2D eigenvalue weighted by molar-refractivity contribution is 5.81. The molecule has 1 aromatic heterocycles. The summed E-state index contributed by atoms with van der Waals surface area (Å²) < 4.78 is 10.1. The van der Waals surface area contributed by atoms with Gasteiger partial charge in [0, 0.05) is 32.0 Å². The Morgan fingerprint density at radius 2 is 2.18 bits per heavy atom. The van der Waals surface area contributed by atoms with Crippen molar-refractivity contribution in [2.45, 2.75) is 31.2 Å². The molecule has 1 aliphatic heterocycles. The Morgan fingerprint density at radius 1 is 1.41 bits per heavy atom. The molecule has 17 heavy (non-hydrogen) atoms. The Bertz CT molecular complexity index is 394. The predicted molar refractivity (Wildman–Crippen MR) is 56.9 cm³/mol. The summed E-state index contributed by atoms with van der Waals surface area (Å²) >= 11 is 0. The van der Waals surface area contributed by atoms with E-state index in [2.05, 4.69) is 15.5 Å². The van der Waals surface area contributed by atoms with Crippen molar-refractivity contribution in [3.63, 3.8) is 0 Å². The maximum atomic E-state index is 11.9. The van der Waals surface area contributed by atoms with Gasteiger partial charge in [-0.2, -0.15) is 4.98 Å². The van der Waals surface area contributed by atoms with Gasteiger partial charge in [0.15, 0.2) is 5.82 Å². The van der Waals surface area contributed by atoms with Crippen molar-refractivity contribution >= 4 is 5.91 Å². The molecule has 0 bridgehead atoms. The van der Waals surface area contributed by atoms with Crippen LogP contribution in [0.15, 0.2) is 10.9 Å². The van der Waals surface area contributed by atoms with E-state index < -0.39 is 5.54 Å². The van der Waals surface area contributed by atoms with Crippen LogP contribution in [0.4, 0.5) is 0 Å². The molecule has 1 amide bonds. The summed E-state index contributed by atoms with van der Waals surface area (Å²) in [5.41, 5.74) is -0.495. The lowest BCUT2D eigenvalue weighted by Crippen LogP contribution is -2.50. The molecular formula is C11H15N3O3. The molecule has 0 atom stereocenters. The second kappa shape index (κ2) is 4.10. The van der Waals surface area contributed by atoms with E-state index in [0.717, 1.165) is 12.8 Å². The molecule has 2 aliphatic rings. The quantitative estimate of drug-likeness (QED) is 0.833. The summed E-state index contributed by atoms with van der Waals surface area (Å²) in [5.74, 6) is 0.855. The zero-order chi connectivity index (χ0) is 11.7. The number of carbonyl (C=O) groups excluding carboxylic acids is 1. The maximum absolute atomic E-state index is 11.9. The van der Waals surface area contributed by atoms with Gasteiger partial charge in [0.1, 0.15) is 5.54 Å². The van der Waals surface area contributed by atoms with Gasteiger partial charge in [-0.3, -0.25) is 4.79 Å². The number of ether oxygens (including phenoxy) is 1. The minimum absolute atomic E-state index is 0.108. The zero-order valence-corrected chi connectivity index (χ0v) is 9.52. The first-order valence-corrected chi connectivity index (χ1v) is 5.97. The van der Waals surface area contributed by atoms with Crippen LogP contribution in [0, 0.1) is 5.92 Å². The van der Waals surface area contributed by atoms with Crippen molar-refractivity contribution in [3.05, 3.63) is 12.2 Å². The summed E-state index contributed by atoms with van der Waals surface area (Å²) in [6.45, 7) is 1.22. The van der Waals surface area contributed by atoms with Gasteiger partial charge < -0.3 is 14.6 Å². The third-order valence-electron chi connectivity index (χ3n) is 3.45. The lowest BCUT2D eigenvalue weighted by atomic mass is 9.89. The van der Waals surface area contributed by atoms with Crippen molar-refractivity contribution < 1.29 is 14.1 Å². The van der Waals surface area contributed by atoms with Gasteiger partial charge in [-0.25, -0.2) is 0 Å². The smallest absolute Gasteiger partial charge is 0.223 e. The van der Waals surface area contributed by atoms with Crippen LogP contribution >= 0.6 is 0 Å². The first-order chi connectivity index (χ1) is 8.30. The number of amides is 1. The molecule has 2 heterocycles. The molecule has 6 nitrogen and oxygen atoms in total. The highest BCUT2D eigenvalue weighted by Crippen LogP contribution is 2.34. The highest BCUT2D eigenvalue weighted by atomic mass is 16.5. The molecule has 1 saturated carbocycles. The van der Waals surface area contributed by atoms with Crippen LogP contribution in [0.3, 0.4) is 0 Å². The standard InChI is InChI=1S/C11H15N3O3/c15-9(8-1-2-8)13-11(3-5-16-6-4-11)10-12-7-17-14-10/h7-8H,1-6H2,(H,13,15). The van der Waals surface area contributed by atoms with Crippen LogP contribution in [0.25, 0.3) is 0 Å². The third-order valence-corrected chi connectivity index (χ3v) is 3.45. The predicted octanol–water partition coefficient (Wildman–Crippen LogP) is 0.601. The Hall–Kier alpha value is -1.43. The fourth-order valence-corrected chi connectivity index (χ4v) is 2.19. The SMILES string of the molecule is O=C(NC1(c2ncon2)CCOCC1)C1CC1. The van der Waals surface area contributed by atoms with Gasteiger partial charge in [-0.1, -0.05) is 5.16 Å².